The van der Waals surface area contributed by atoms with Crippen molar-refractivity contribution in [2.45, 2.75) is 115 Å². The van der Waals surface area contributed by atoms with Crippen LogP contribution in [-0.2, 0) is 38.2 Å². The van der Waals surface area contributed by atoms with Crippen LogP contribution >= 0.6 is 23.2 Å². The van der Waals surface area contributed by atoms with Crippen molar-refractivity contribution in [3.05, 3.63) is 132 Å². The number of nitrogen functional groups attached to an aromatic ring is 1. The molecule has 11 heterocycles. The van der Waals surface area contributed by atoms with Gasteiger partial charge in [0.1, 0.15) is 44.4 Å². The second-order valence-corrected chi connectivity index (χ2v) is 26.5. The van der Waals surface area contributed by atoms with E-state index in [0.29, 0.717) is 87.4 Å². The van der Waals surface area contributed by atoms with E-state index in [0.717, 1.165) is 60.1 Å². The SMILES string of the molecule is C.C.CCOS(=O)(=O)c1ccc(C)cc1.COc1cc(N)ccc1-n1cnc(C)c1.COc1cc(Nc2ncc3c(n2)N(CC(F)(F)F)C2(CCOCC2)CO3)ccc1-n1cnc(C)c1.Clc1ncc2c(n1)NC1(CCOCC1)CO2.FC(F)(F)CN1c2nc(Cl)ncc2OCC12CCOCC2.O=CO[O-].[Cs+].[Cs+].[H-]. The van der Waals surface area contributed by atoms with Gasteiger partial charge in [0.15, 0.2) is 34.7 Å². The zero-order chi connectivity index (χ0) is 74.9. The summed E-state index contributed by atoms with van der Waals surface area (Å²) in [6, 6.07) is 17.5. The Labute approximate surface area is 751 Å². The van der Waals surface area contributed by atoms with Crippen LogP contribution in [0.3, 0.4) is 0 Å². The molecule has 29 nitrogen and oxygen atoms in total. The molecule has 6 aliphatic rings. The Morgan fingerprint density at radius 2 is 1.10 bits per heavy atom. The molecule has 0 atom stereocenters. The topological polar surface area (TPSA) is 336 Å². The molecule has 0 radical (unpaired) electrons. The van der Waals surface area contributed by atoms with E-state index in [-0.39, 0.29) is 230 Å². The molecule has 4 N–H and O–H groups in total. The number of hydrogen-bond donors (Lipinski definition) is 3. The molecule has 0 saturated carbocycles. The molecule has 3 spiro atoms. The van der Waals surface area contributed by atoms with Crippen LogP contribution in [-0.4, -0.2) is 186 Å². The molecule has 6 aliphatic heterocycles. The van der Waals surface area contributed by atoms with Crippen molar-refractivity contribution in [1.82, 2.24) is 49.0 Å². The number of fused-ring (bicyclic) bond motifs is 3. The molecular weight excluding hydrogens is 1730 g/mol. The van der Waals surface area contributed by atoms with Gasteiger partial charge in [-0.1, -0.05) is 32.5 Å². The molecule has 14 rings (SSSR count). The van der Waals surface area contributed by atoms with E-state index >= 15 is 0 Å². The number of benzene rings is 3. The van der Waals surface area contributed by atoms with Gasteiger partial charge in [-0.05, 0) is 126 Å². The Morgan fingerprint density at radius 1 is 0.648 bits per heavy atom. The summed E-state index contributed by atoms with van der Waals surface area (Å²) in [4.78, 5) is 46.9. The molecule has 3 saturated heterocycles. The summed E-state index contributed by atoms with van der Waals surface area (Å²) < 4.78 is 155. The number of carbonyl (C=O) groups is 1. The summed E-state index contributed by atoms with van der Waals surface area (Å²) in [6.07, 6.45) is 6.39. The number of imidazole rings is 2. The normalized spacial score (nSPS) is 15.9. The van der Waals surface area contributed by atoms with E-state index in [1.165, 1.54) is 22.2 Å². The van der Waals surface area contributed by atoms with Crippen molar-refractivity contribution < 1.29 is 231 Å². The van der Waals surface area contributed by atoms with Gasteiger partial charge in [0.25, 0.3) is 16.6 Å². The number of nitrogens with one attached hydrogen (secondary N) is 2. The number of anilines is 6. The maximum absolute atomic E-state index is 13.6. The van der Waals surface area contributed by atoms with Crippen LogP contribution in [0.5, 0.6) is 28.7 Å². The molecule has 3 fully saturated rings. The second kappa shape index (κ2) is 42.6. The number of nitrogens with zero attached hydrogens (tertiary/aromatic N) is 12. The van der Waals surface area contributed by atoms with Gasteiger partial charge in [0.05, 0.1) is 96.3 Å². The van der Waals surface area contributed by atoms with E-state index in [4.69, 9.17) is 76.9 Å². The average molecular weight is 1820 g/mol. The first-order chi connectivity index (χ1) is 49.6. The molecular formula is C68H85Cl2Cs2F6N15O14S. The minimum absolute atomic E-state index is 0. The summed E-state index contributed by atoms with van der Waals surface area (Å²) in [5.74, 6) is 3.49. The van der Waals surface area contributed by atoms with Gasteiger partial charge < -0.3 is 84.8 Å². The monoisotopic (exact) mass is 1820 g/mol. The van der Waals surface area contributed by atoms with Crippen LogP contribution in [0, 0.1) is 20.8 Å². The average Bonchev–Trinajstić information content (AvgIpc) is 0.817. The molecule has 40 heteroatoms. The first kappa shape index (κ1) is 93.4. The molecule has 5 aromatic heterocycles. The Balaban J connectivity index is 0.000000295. The molecule has 3 aromatic carbocycles. The number of rotatable bonds is 12. The van der Waals surface area contributed by atoms with Crippen molar-refractivity contribution in [2.24, 2.45) is 0 Å². The predicted octanol–water partition coefficient (Wildman–Crippen LogP) is 5.28. The van der Waals surface area contributed by atoms with Crippen molar-refractivity contribution >= 4 is 74.6 Å². The minimum Gasteiger partial charge on any atom is -1.00 e. The predicted molar refractivity (Wildman–Crippen MR) is 380 cm³/mol. The molecule has 0 unspecified atom stereocenters. The number of carbonyl (C=O) groups excluding carboxylic acids is 1. The maximum atomic E-state index is 13.6. The van der Waals surface area contributed by atoms with Crippen LogP contribution in [0.15, 0.2) is 109 Å². The van der Waals surface area contributed by atoms with Gasteiger partial charge in [0.2, 0.25) is 16.5 Å². The number of hydrogen-bond acceptors (Lipinski definition) is 27. The number of halogens is 8. The number of aryl methyl sites for hydroxylation is 3. The van der Waals surface area contributed by atoms with Crippen molar-refractivity contribution in [2.75, 3.05) is 120 Å². The van der Waals surface area contributed by atoms with Gasteiger partial charge in [0, 0.05) is 75.5 Å². The first-order valence-corrected chi connectivity index (χ1v) is 34.4. The van der Waals surface area contributed by atoms with E-state index in [2.05, 4.69) is 59.6 Å². The van der Waals surface area contributed by atoms with Crippen LogP contribution < -0.4 is 193 Å². The van der Waals surface area contributed by atoms with E-state index < -0.39 is 46.6 Å². The smallest absolute Gasteiger partial charge is 1.00 e. The Morgan fingerprint density at radius 3 is 1.57 bits per heavy atom. The zero-order valence-corrected chi connectivity index (χ0v) is 74.1. The third-order valence-electron chi connectivity index (χ3n) is 16.9. The summed E-state index contributed by atoms with van der Waals surface area (Å²) in [6.45, 7) is 9.08. The van der Waals surface area contributed by atoms with Crippen molar-refractivity contribution in [3.63, 3.8) is 0 Å². The van der Waals surface area contributed by atoms with E-state index in [1.807, 2.05) is 60.5 Å². The summed E-state index contributed by atoms with van der Waals surface area (Å²) >= 11 is 11.5. The number of ether oxygens (including phenoxy) is 8. The molecule has 0 bridgehead atoms. The third kappa shape index (κ3) is 25.7. The summed E-state index contributed by atoms with van der Waals surface area (Å²) in [5.41, 5.74) is 9.91. The fraction of sp³-hybridized carbons (Fsp3) is 0.456. The minimum atomic E-state index is -4.41. The zero-order valence-electron chi connectivity index (χ0n) is 60.2. The molecule has 108 heavy (non-hydrogen) atoms. The fourth-order valence-electron chi connectivity index (χ4n) is 11.7. The number of alkyl halides is 6. The van der Waals surface area contributed by atoms with E-state index in [1.54, 1.807) is 82.5 Å². The number of aromatic nitrogens is 10. The molecule has 8 aromatic rings. The van der Waals surface area contributed by atoms with Crippen LogP contribution in [0.25, 0.3) is 11.4 Å². The largest absolute Gasteiger partial charge is 1.00 e. The third-order valence-corrected chi connectivity index (χ3v) is 18.7. The van der Waals surface area contributed by atoms with Crippen LogP contribution in [0.4, 0.5) is 61.1 Å². The fourth-order valence-corrected chi connectivity index (χ4v) is 12.9. The van der Waals surface area contributed by atoms with Crippen molar-refractivity contribution in [3.8, 4) is 40.1 Å². The second-order valence-electron chi connectivity index (χ2n) is 24.2. The van der Waals surface area contributed by atoms with Gasteiger partial charge in [-0.2, -0.15) is 49.7 Å². The summed E-state index contributed by atoms with van der Waals surface area (Å²) in [7, 11) is -0.343. The maximum Gasteiger partial charge on any atom is 1.00 e. The van der Waals surface area contributed by atoms with Gasteiger partial charge >= 0.3 is 150 Å². The van der Waals surface area contributed by atoms with E-state index in [9.17, 15) is 34.8 Å². The number of methoxy groups -OCH3 is 2. The first-order valence-electron chi connectivity index (χ1n) is 32.2. The van der Waals surface area contributed by atoms with Crippen molar-refractivity contribution in [1.29, 1.82) is 0 Å². The van der Waals surface area contributed by atoms with Gasteiger partial charge in [-0.15, -0.1) is 0 Å². The molecule has 0 amide bonds. The Hall–Kier alpha value is -5.20. The van der Waals surface area contributed by atoms with Crippen LogP contribution in [0.2, 0.25) is 10.6 Å². The summed E-state index contributed by atoms with van der Waals surface area (Å²) in [5, 5.41) is 15.0. The van der Waals surface area contributed by atoms with Crippen LogP contribution in [0.1, 0.15) is 78.7 Å². The van der Waals surface area contributed by atoms with Gasteiger partial charge in [-0.3, -0.25) is 8.98 Å². The van der Waals surface area contributed by atoms with Gasteiger partial charge in [-0.25, -0.2) is 24.9 Å². The molecule has 580 valence electrons. The quantitative estimate of drug-likeness (QED) is 0.0266. The number of nitrogens with two attached hydrogens (primary N) is 1. The standard InChI is InChI=1S/C23H25F3N6O3.C12H13ClF3N3O2.C11H13N3O.C10H12ClN3O2.C9H12O3S.CH2O3.2CH4.2Cs.H/c1-15-11-31(14-28-15)17-4-3-16(9-18(17)33-2)29-21-27-10-19-20(30-21)32(12-23(24,25)26)22(13-35-19)5-7-34-8-6-22;13-10-17-5-8-9(18-10)19(6-12(14,15)16)11(7-21-8)1-3-20-4-2-11;1-8-6-14(7-13-8)10-4-3-9(12)5-11(10)15-2;11-9-12-5-7-8(13-9)14-10(6-16-7)1-3-15-4-2-10;1-3-12-13(10,11)9-6-4-8(2)5-7-9;2-1-4-3;;;;;/h3-4,9-11,14H,5-8,12-13H2,1-2H3,(H,27,29,30);5H,1-4,6-7H2;3-7H,12H2,1-2H3;5H,1-4,6H2,(H,12,13,14);4-7H,3H2,1-2H3;1,3H;2*1H4;;;/q;;;;;;;;2*+1;-1/p-1. The molecule has 0 aliphatic carbocycles. The Bertz CT molecular complexity index is 4290. The Kier molecular flexibility index (Phi) is 36.9.